The summed E-state index contributed by atoms with van der Waals surface area (Å²) < 4.78 is 24.0. The third-order valence-corrected chi connectivity index (χ3v) is 3.25. The van der Waals surface area contributed by atoms with Crippen molar-refractivity contribution in [3.63, 3.8) is 0 Å². The molecule has 0 aromatic carbocycles. The largest absolute Gasteiger partial charge is 0.301 e. The molecule has 0 aromatic heterocycles. The van der Waals surface area contributed by atoms with E-state index in [-0.39, 0.29) is 6.04 Å². The number of likely N-dealkylation sites (tertiary alicyclic amines) is 1. The van der Waals surface area contributed by atoms with Crippen LogP contribution in [0.15, 0.2) is 0 Å². The molecule has 1 saturated heterocycles. The molecule has 1 rings (SSSR count). The third kappa shape index (κ3) is 3.91. The monoisotopic (exact) mass is 221 g/mol. The number of hydrogen-bond acceptors (Lipinski definition) is 3. The first-order chi connectivity index (χ1) is 6.38. The number of hydrogen-bond donors (Lipinski definition) is 2. The van der Waals surface area contributed by atoms with Crippen LogP contribution < -0.4 is 9.86 Å². The van der Waals surface area contributed by atoms with Crippen LogP contribution in [0.3, 0.4) is 0 Å². The normalized spacial score (nSPS) is 21.7. The lowest BCUT2D eigenvalue weighted by molar-refractivity contribution is 0.168. The van der Waals surface area contributed by atoms with Crippen LogP contribution >= 0.6 is 0 Å². The minimum atomic E-state index is -3.53. The summed E-state index contributed by atoms with van der Waals surface area (Å²) in [7, 11) is -3.53. The van der Waals surface area contributed by atoms with E-state index in [0.29, 0.717) is 6.04 Å². The van der Waals surface area contributed by atoms with Crippen molar-refractivity contribution in [1.29, 1.82) is 0 Å². The predicted molar refractivity (Wildman–Crippen MR) is 56.0 cm³/mol. The van der Waals surface area contributed by atoms with Gasteiger partial charge in [-0.1, -0.05) is 0 Å². The molecule has 1 heterocycles. The van der Waals surface area contributed by atoms with Crippen molar-refractivity contribution in [3.8, 4) is 0 Å². The van der Waals surface area contributed by atoms with Gasteiger partial charge in [-0.3, -0.25) is 0 Å². The third-order valence-electron chi connectivity index (χ3n) is 2.59. The molecule has 0 radical (unpaired) electrons. The van der Waals surface area contributed by atoms with Crippen LogP contribution in [-0.4, -0.2) is 38.5 Å². The first kappa shape index (κ1) is 11.9. The quantitative estimate of drug-likeness (QED) is 0.684. The smallest absolute Gasteiger partial charge is 0.274 e. The molecule has 0 saturated carbocycles. The SMILES string of the molecule is CC(C)N1CCC(NS(N)(=O)=O)CC1. The summed E-state index contributed by atoms with van der Waals surface area (Å²) in [6.45, 7) is 6.16. The van der Waals surface area contributed by atoms with Gasteiger partial charge in [0.2, 0.25) is 0 Å². The highest BCUT2D eigenvalue weighted by Crippen LogP contribution is 2.12. The molecular weight excluding hydrogens is 202 g/mol. The molecule has 0 aromatic rings. The predicted octanol–water partition coefficient (Wildman–Crippen LogP) is -0.348. The van der Waals surface area contributed by atoms with Crippen LogP contribution in [0.4, 0.5) is 0 Å². The van der Waals surface area contributed by atoms with E-state index in [9.17, 15) is 8.42 Å². The Labute approximate surface area is 85.8 Å². The molecule has 1 fully saturated rings. The van der Waals surface area contributed by atoms with E-state index in [4.69, 9.17) is 5.14 Å². The van der Waals surface area contributed by atoms with Crippen LogP contribution in [0.2, 0.25) is 0 Å². The van der Waals surface area contributed by atoms with Crippen molar-refractivity contribution in [3.05, 3.63) is 0 Å². The van der Waals surface area contributed by atoms with Crippen molar-refractivity contribution in [2.45, 2.75) is 38.8 Å². The van der Waals surface area contributed by atoms with E-state index in [1.54, 1.807) is 0 Å². The van der Waals surface area contributed by atoms with Crippen molar-refractivity contribution in [1.82, 2.24) is 9.62 Å². The summed E-state index contributed by atoms with van der Waals surface area (Å²) in [4.78, 5) is 2.33. The minimum Gasteiger partial charge on any atom is -0.301 e. The van der Waals surface area contributed by atoms with Gasteiger partial charge >= 0.3 is 0 Å². The number of piperidine rings is 1. The van der Waals surface area contributed by atoms with Crippen molar-refractivity contribution >= 4 is 10.2 Å². The van der Waals surface area contributed by atoms with Crippen LogP contribution in [0.25, 0.3) is 0 Å². The van der Waals surface area contributed by atoms with Gasteiger partial charge in [0.15, 0.2) is 0 Å². The molecule has 0 atom stereocenters. The van der Waals surface area contributed by atoms with Gasteiger partial charge < -0.3 is 4.90 Å². The molecule has 0 amide bonds. The van der Waals surface area contributed by atoms with E-state index in [1.807, 2.05) is 0 Å². The average Bonchev–Trinajstić information content (AvgIpc) is 2.02. The van der Waals surface area contributed by atoms with Gasteiger partial charge in [-0.05, 0) is 39.8 Å². The molecule has 1 aliphatic rings. The first-order valence-electron chi connectivity index (χ1n) is 4.92. The second-order valence-electron chi connectivity index (χ2n) is 4.07. The van der Waals surface area contributed by atoms with Crippen molar-refractivity contribution < 1.29 is 8.42 Å². The molecule has 6 heteroatoms. The fraction of sp³-hybridized carbons (Fsp3) is 1.00. The fourth-order valence-electron chi connectivity index (χ4n) is 1.77. The molecule has 84 valence electrons. The van der Waals surface area contributed by atoms with E-state index in [1.165, 1.54) is 0 Å². The van der Waals surface area contributed by atoms with E-state index in [2.05, 4.69) is 23.5 Å². The number of nitrogens with two attached hydrogens (primary N) is 1. The van der Waals surface area contributed by atoms with Gasteiger partial charge in [-0.15, -0.1) is 0 Å². The second-order valence-corrected chi connectivity index (χ2v) is 5.39. The molecule has 1 aliphatic heterocycles. The van der Waals surface area contributed by atoms with E-state index in [0.717, 1.165) is 25.9 Å². The Morgan fingerprint density at radius 1 is 1.36 bits per heavy atom. The number of nitrogens with zero attached hydrogens (tertiary/aromatic N) is 1. The van der Waals surface area contributed by atoms with Crippen LogP contribution in [-0.2, 0) is 10.2 Å². The van der Waals surface area contributed by atoms with Crippen molar-refractivity contribution in [2.75, 3.05) is 13.1 Å². The van der Waals surface area contributed by atoms with Crippen LogP contribution in [0.5, 0.6) is 0 Å². The Bertz CT molecular complexity index is 268. The summed E-state index contributed by atoms with van der Waals surface area (Å²) in [5, 5.41) is 4.91. The Morgan fingerprint density at radius 3 is 2.21 bits per heavy atom. The average molecular weight is 221 g/mol. The fourth-order valence-corrected chi connectivity index (χ4v) is 2.47. The van der Waals surface area contributed by atoms with Gasteiger partial charge in [0, 0.05) is 12.1 Å². The molecule has 5 nitrogen and oxygen atoms in total. The van der Waals surface area contributed by atoms with E-state index < -0.39 is 10.2 Å². The lowest BCUT2D eigenvalue weighted by atomic mass is 10.1. The molecular formula is C8H19N3O2S. The van der Waals surface area contributed by atoms with Gasteiger partial charge in [-0.2, -0.15) is 13.1 Å². The first-order valence-corrected chi connectivity index (χ1v) is 6.47. The summed E-state index contributed by atoms with van der Waals surface area (Å²) in [5.41, 5.74) is 0. The zero-order chi connectivity index (χ0) is 10.8. The van der Waals surface area contributed by atoms with Gasteiger partial charge in [0.1, 0.15) is 0 Å². The maximum absolute atomic E-state index is 10.8. The molecule has 3 N–H and O–H groups in total. The highest BCUT2D eigenvalue weighted by atomic mass is 32.2. The topological polar surface area (TPSA) is 75.4 Å². The zero-order valence-electron chi connectivity index (χ0n) is 8.73. The number of nitrogens with one attached hydrogen (secondary N) is 1. The van der Waals surface area contributed by atoms with Crippen LogP contribution in [0.1, 0.15) is 26.7 Å². The highest BCUT2D eigenvalue weighted by Gasteiger charge is 2.22. The molecule has 0 unspecified atom stereocenters. The Morgan fingerprint density at radius 2 is 1.86 bits per heavy atom. The standard InChI is InChI=1S/C8H19N3O2S/c1-7(2)11-5-3-8(4-6-11)10-14(9,12)13/h7-8,10H,3-6H2,1-2H3,(H2,9,12,13). The Balaban J connectivity index is 2.36. The lowest BCUT2D eigenvalue weighted by Crippen LogP contribution is -2.48. The molecule has 0 bridgehead atoms. The van der Waals surface area contributed by atoms with Gasteiger partial charge in [0.05, 0.1) is 0 Å². The Kier molecular flexibility index (Phi) is 3.88. The lowest BCUT2D eigenvalue weighted by Gasteiger charge is -2.34. The zero-order valence-corrected chi connectivity index (χ0v) is 9.55. The highest BCUT2D eigenvalue weighted by molar-refractivity contribution is 7.87. The minimum absolute atomic E-state index is 0.0139. The van der Waals surface area contributed by atoms with E-state index >= 15 is 0 Å². The molecule has 14 heavy (non-hydrogen) atoms. The van der Waals surface area contributed by atoms with Gasteiger partial charge in [0.25, 0.3) is 10.2 Å². The summed E-state index contributed by atoms with van der Waals surface area (Å²) in [5.74, 6) is 0. The summed E-state index contributed by atoms with van der Waals surface area (Å²) in [6, 6.07) is 0.547. The second kappa shape index (κ2) is 4.57. The molecule has 0 spiro atoms. The summed E-state index contributed by atoms with van der Waals surface area (Å²) in [6.07, 6.45) is 1.68. The Hall–Kier alpha value is -0.170. The number of rotatable bonds is 3. The van der Waals surface area contributed by atoms with Crippen LogP contribution in [0, 0.1) is 0 Å². The maximum atomic E-state index is 10.8. The maximum Gasteiger partial charge on any atom is 0.274 e. The molecule has 0 aliphatic carbocycles. The van der Waals surface area contributed by atoms with Gasteiger partial charge in [-0.25, -0.2) is 5.14 Å². The summed E-state index contributed by atoms with van der Waals surface area (Å²) >= 11 is 0. The van der Waals surface area contributed by atoms with Crippen molar-refractivity contribution in [2.24, 2.45) is 5.14 Å².